The Labute approximate surface area is 126 Å². The number of aliphatic hydroxyl groups excluding tert-OH is 1. The van der Waals surface area contributed by atoms with Crippen molar-refractivity contribution in [3.63, 3.8) is 0 Å². The van der Waals surface area contributed by atoms with Crippen molar-refractivity contribution in [2.75, 3.05) is 26.8 Å². The van der Waals surface area contributed by atoms with Gasteiger partial charge in [0.1, 0.15) is 5.75 Å². The zero-order chi connectivity index (χ0) is 14.8. The monoisotopic (exact) mass is 291 g/mol. The molecule has 0 aromatic heterocycles. The van der Waals surface area contributed by atoms with Crippen molar-refractivity contribution >= 4 is 0 Å². The lowest BCUT2D eigenvalue weighted by Gasteiger charge is -2.38. The molecule has 1 aromatic rings. The van der Waals surface area contributed by atoms with Gasteiger partial charge in [-0.15, -0.1) is 0 Å². The van der Waals surface area contributed by atoms with Gasteiger partial charge < -0.3 is 14.6 Å². The number of hydrogen-bond donors (Lipinski definition) is 1. The minimum atomic E-state index is -0.436. The van der Waals surface area contributed by atoms with Gasteiger partial charge in [0.25, 0.3) is 0 Å². The molecule has 0 amide bonds. The van der Waals surface area contributed by atoms with Crippen LogP contribution in [0.2, 0.25) is 0 Å². The Hall–Kier alpha value is -1.10. The van der Waals surface area contributed by atoms with Crippen LogP contribution >= 0.6 is 0 Å². The highest BCUT2D eigenvalue weighted by Crippen LogP contribution is 2.35. The van der Waals surface area contributed by atoms with E-state index in [1.54, 1.807) is 7.11 Å². The van der Waals surface area contributed by atoms with Crippen LogP contribution in [0, 0.1) is 0 Å². The van der Waals surface area contributed by atoms with Gasteiger partial charge in [-0.25, -0.2) is 0 Å². The first kappa shape index (κ1) is 14.8. The van der Waals surface area contributed by atoms with Crippen LogP contribution in [-0.4, -0.2) is 49.0 Å². The van der Waals surface area contributed by atoms with Gasteiger partial charge in [-0.2, -0.15) is 0 Å². The summed E-state index contributed by atoms with van der Waals surface area (Å²) in [5.41, 5.74) is 2.28. The molecule has 1 aliphatic heterocycles. The molecule has 21 heavy (non-hydrogen) atoms. The summed E-state index contributed by atoms with van der Waals surface area (Å²) in [5, 5.41) is 10.8. The van der Waals surface area contributed by atoms with E-state index >= 15 is 0 Å². The maximum atomic E-state index is 10.8. The first-order valence-electron chi connectivity index (χ1n) is 7.89. The van der Waals surface area contributed by atoms with Crippen LogP contribution < -0.4 is 4.74 Å². The molecule has 0 bridgehead atoms. The highest BCUT2D eigenvalue weighted by Gasteiger charge is 2.33. The number of methoxy groups -OCH3 is 1. The lowest BCUT2D eigenvalue weighted by molar-refractivity contribution is 0.0158. The Morgan fingerprint density at radius 2 is 2.24 bits per heavy atom. The summed E-state index contributed by atoms with van der Waals surface area (Å²) in [6, 6.07) is 6.24. The van der Waals surface area contributed by atoms with Crippen LogP contribution in [-0.2, 0) is 11.2 Å². The summed E-state index contributed by atoms with van der Waals surface area (Å²) in [6.45, 7) is 4.85. The number of rotatable bonds is 2. The van der Waals surface area contributed by atoms with E-state index in [1.807, 2.05) is 12.1 Å². The molecule has 1 N–H and O–H groups in total. The third-order valence-electron chi connectivity index (χ3n) is 4.70. The summed E-state index contributed by atoms with van der Waals surface area (Å²) in [7, 11) is 1.67. The summed E-state index contributed by atoms with van der Waals surface area (Å²) < 4.78 is 11.0. The largest absolute Gasteiger partial charge is 0.497 e. The Morgan fingerprint density at radius 3 is 3.05 bits per heavy atom. The lowest BCUT2D eigenvalue weighted by atomic mass is 9.84. The van der Waals surface area contributed by atoms with Crippen LogP contribution in [0.3, 0.4) is 0 Å². The SMILES string of the molecule is COc1ccc2c(c1)C(O)C(N1CCCOC(C)C1)CC2. The normalized spacial score (nSPS) is 30.5. The number of fused-ring (bicyclic) bond motifs is 1. The highest BCUT2D eigenvalue weighted by molar-refractivity contribution is 5.39. The minimum Gasteiger partial charge on any atom is -0.497 e. The second-order valence-electron chi connectivity index (χ2n) is 6.15. The van der Waals surface area contributed by atoms with Crippen LogP contribution in [0.5, 0.6) is 5.75 Å². The van der Waals surface area contributed by atoms with Crippen LogP contribution in [0.1, 0.15) is 37.0 Å². The van der Waals surface area contributed by atoms with E-state index in [4.69, 9.17) is 9.47 Å². The Balaban J connectivity index is 1.81. The zero-order valence-corrected chi connectivity index (χ0v) is 12.9. The first-order chi connectivity index (χ1) is 10.2. The van der Waals surface area contributed by atoms with Crippen molar-refractivity contribution in [3.05, 3.63) is 29.3 Å². The molecule has 1 aromatic carbocycles. The van der Waals surface area contributed by atoms with E-state index in [9.17, 15) is 5.11 Å². The van der Waals surface area contributed by atoms with Crippen LogP contribution in [0.25, 0.3) is 0 Å². The fraction of sp³-hybridized carbons (Fsp3) is 0.647. The maximum Gasteiger partial charge on any atom is 0.119 e. The summed E-state index contributed by atoms with van der Waals surface area (Å²) in [5.74, 6) is 0.820. The molecule has 3 atom stereocenters. The number of benzene rings is 1. The number of aryl methyl sites for hydroxylation is 1. The van der Waals surface area contributed by atoms with Crippen molar-refractivity contribution in [1.29, 1.82) is 0 Å². The minimum absolute atomic E-state index is 0.189. The second kappa shape index (κ2) is 6.34. The van der Waals surface area contributed by atoms with Gasteiger partial charge in [0, 0.05) is 25.7 Å². The molecule has 116 valence electrons. The maximum absolute atomic E-state index is 10.8. The molecule has 3 unspecified atom stereocenters. The molecule has 1 aliphatic carbocycles. The van der Waals surface area contributed by atoms with E-state index in [0.29, 0.717) is 0 Å². The van der Waals surface area contributed by atoms with Gasteiger partial charge in [0.15, 0.2) is 0 Å². The molecule has 4 nitrogen and oxygen atoms in total. The Bertz CT molecular complexity index is 491. The number of nitrogens with zero attached hydrogens (tertiary/aromatic N) is 1. The smallest absolute Gasteiger partial charge is 0.119 e. The summed E-state index contributed by atoms with van der Waals surface area (Å²) >= 11 is 0. The van der Waals surface area contributed by atoms with Crippen LogP contribution in [0.15, 0.2) is 18.2 Å². The zero-order valence-electron chi connectivity index (χ0n) is 12.9. The predicted octanol–water partition coefficient (Wildman–Crippen LogP) is 2.15. The third kappa shape index (κ3) is 3.07. The van der Waals surface area contributed by atoms with Crippen molar-refractivity contribution in [3.8, 4) is 5.75 Å². The molecule has 4 heteroatoms. The van der Waals surface area contributed by atoms with Gasteiger partial charge in [0.05, 0.1) is 19.3 Å². The fourth-order valence-electron chi connectivity index (χ4n) is 3.58. The van der Waals surface area contributed by atoms with E-state index in [0.717, 1.165) is 50.3 Å². The standard InChI is InChI=1S/C17H25NO3/c1-12-11-18(8-3-9-21-12)16-7-5-13-4-6-14(20-2)10-15(13)17(16)19/h4,6,10,12,16-17,19H,3,5,7-9,11H2,1-2H3. The second-order valence-corrected chi connectivity index (χ2v) is 6.15. The van der Waals surface area contributed by atoms with E-state index in [1.165, 1.54) is 5.56 Å². The van der Waals surface area contributed by atoms with Gasteiger partial charge in [-0.1, -0.05) is 6.07 Å². The van der Waals surface area contributed by atoms with Crippen molar-refractivity contribution in [2.24, 2.45) is 0 Å². The molecule has 3 rings (SSSR count). The molecule has 1 fully saturated rings. The quantitative estimate of drug-likeness (QED) is 0.906. The predicted molar refractivity (Wildman–Crippen MR) is 81.7 cm³/mol. The van der Waals surface area contributed by atoms with E-state index < -0.39 is 6.10 Å². The Kier molecular flexibility index (Phi) is 4.48. The number of hydrogen-bond acceptors (Lipinski definition) is 4. The summed E-state index contributed by atoms with van der Waals surface area (Å²) in [6.07, 6.45) is 2.87. The van der Waals surface area contributed by atoms with Gasteiger partial charge in [0.2, 0.25) is 0 Å². The van der Waals surface area contributed by atoms with E-state index in [-0.39, 0.29) is 12.1 Å². The third-order valence-corrected chi connectivity index (χ3v) is 4.70. The molecule has 1 heterocycles. The molecule has 1 saturated heterocycles. The van der Waals surface area contributed by atoms with Crippen molar-refractivity contribution in [1.82, 2.24) is 4.90 Å². The fourth-order valence-corrected chi connectivity index (χ4v) is 3.58. The number of aliphatic hydroxyl groups is 1. The molecule has 2 aliphatic rings. The summed E-state index contributed by atoms with van der Waals surface area (Å²) in [4.78, 5) is 2.41. The first-order valence-corrected chi connectivity index (χ1v) is 7.89. The highest BCUT2D eigenvalue weighted by atomic mass is 16.5. The molecule has 0 saturated carbocycles. The average Bonchev–Trinajstić information content (AvgIpc) is 2.72. The van der Waals surface area contributed by atoms with Crippen molar-refractivity contribution in [2.45, 2.75) is 44.4 Å². The van der Waals surface area contributed by atoms with Crippen molar-refractivity contribution < 1.29 is 14.6 Å². The number of ether oxygens (including phenoxy) is 2. The van der Waals surface area contributed by atoms with Gasteiger partial charge >= 0.3 is 0 Å². The molecular weight excluding hydrogens is 266 g/mol. The van der Waals surface area contributed by atoms with Gasteiger partial charge in [-0.3, -0.25) is 4.90 Å². The average molecular weight is 291 g/mol. The topological polar surface area (TPSA) is 41.9 Å². The molecular formula is C17H25NO3. The van der Waals surface area contributed by atoms with Crippen LogP contribution in [0.4, 0.5) is 0 Å². The van der Waals surface area contributed by atoms with Gasteiger partial charge in [-0.05, 0) is 49.4 Å². The molecule has 0 radical (unpaired) electrons. The van der Waals surface area contributed by atoms with E-state index in [2.05, 4.69) is 17.9 Å². The molecule has 0 spiro atoms. The Morgan fingerprint density at radius 1 is 1.38 bits per heavy atom. The lowest BCUT2D eigenvalue weighted by Crippen LogP contribution is -2.44.